The number of β-amino-alcohol motifs (C(OH)–C–C–N with tert-alkyl or cyclic N) is 1. The van der Waals surface area contributed by atoms with Crippen LogP contribution in [0.15, 0.2) is 36.2 Å². The molecule has 5 rings (SSSR count). The number of aliphatic hydroxyl groups is 1. The van der Waals surface area contributed by atoms with Gasteiger partial charge in [-0.05, 0) is 66.8 Å². The first-order chi connectivity index (χ1) is 23.4. The van der Waals surface area contributed by atoms with Crippen molar-refractivity contribution in [3.63, 3.8) is 0 Å². The molecule has 10 nitrogen and oxygen atoms in total. The summed E-state index contributed by atoms with van der Waals surface area (Å²) in [6.07, 6.45) is 5.09. The first-order valence-corrected chi connectivity index (χ1v) is 18.6. The molecule has 2 aromatic rings. The molecule has 3 aliphatic heterocycles. The van der Waals surface area contributed by atoms with Crippen LogP contribution >= 0.6 is 0 Å². The Bertz CT molecular complexity index is 1110. The number of nitrogens with one attached hydrogen (secondary N) is 1. The van der Waals surface area contributed by atoms with Gasteiger partial charge < -0.3 is 27.0 Å². The third kappa shape index (κ3) is 21.2. The molecular formula is C39H75N8O2U-. The molecule has 11 heteroatoms. The summed E-state index contributed by atoms with van der Waals surface area (Å²) in [5.74, 6) is 0. The summed E-state index contributed by atoms with van der Waals surface area (Å²) < 4.78 is 7.25. The maximum Gasteiger partial charge on any atom is 0.0718 e. The monoisotopic (exact) mass is 926 g/mol. The van der Waals surface area contributed by atoms with Crippen LogP contribution in [0.4, 0.5) is 5.69 Å². The Morgan fingerprint density at radius 1 is 1.00 bits per heavy atom. The summed E-state index contributed by atoms with van der Waals surface area (Å²) in [5, 5.41) is 17.6. The minimum absolute atomic E-state index is 0. The third-order valence-corrected chi connectivity index (χ3v) is 7.86. The molecule has 288 valence electrons. The second-order valence-electron chi connectivity index (χ2n) is 13.0. The number of pyridine rings is 1. The summed E-state index contributed by atoms with van der Waals surface area (Å²) in [7, 11) is 3.90. The van der Waals surface area contributed by atoms with Gasteiger partial charge in [0.1, 0.15) is 0 Å². The molecule has 0 spiro atoms. The second kappa shape index (κ2) is 29.1. The van der Waals surface area contributed by atoms with Crippen molar-refractivity contribution in [3.05, 3.63) is 60.2 Å². The van der Waals surface area contributed by atoms with Crippen molar-refractivity contribution in [2.75, 3.05) is 84.6 Å². The zero-order chi connectivity index (χ0) is 37.4. The maximum atomic E-state index is 9.82. The van der Waals surface area contributed by atoms with Crippen LogP contribution in [0.3, 0.4) is 0 Å². The number of hydrogen-bond donors (Lipinski definition) is 2. The summed E-state index contributed by atoms with van der Waals surface area (Å²) in [6, 6.07) is 6.87. The maximum absolute atomic E-state index is 9.82. The van der Waals surface area contributed by atoms with Crippen LogP contribution in [0.2, 0.25) is 0 Å². The fraction of sp³-hybridized carbons (Fsp3) is 0.718. The number of hydrogen-bond acceptors (Lipinski definition) is 9. The van der Waals surface area contributed by atoms with Gasteiger partial charge in [-0.25, -0.2) is 0 Å². The van der Waals surface area contributed by atoms with E-state index in [1.165, 1.54) is 17.1 Å². The molecule has 2 fully saturated rings. The Labute approximate surface area is 331 Å². The Kier molecular flexibility index (Phi) is 29.4. The van der Waals surface area contributed by atoms with E-state index in [9.17, 15) is 5.11 Å². The standard InChI is InChI=1S/C14H23N3O.C10H20N2O.C8H13N3.C3H7.2C2H6.U/c1-12-4-5-13(10-15-12)17-8-6-16(7-9-17)11-14(2,3)18;1-4-10-7-12(6-5-11-10)9(2)8-13-3;1-7-5-8-6-10(2)3-4-11(8)9-7;1-3-2;2*1-2;/h4-5,10,18H,6-9,11H2,1-3H3;4,9,11H,5-8H2,1-3H3;5H,3-4,6H2,1-2H3;1,3H2,2H3;2*1-2H3;/q;;;-1;;;/b;10-4-;;;;;. The van der Waals surface area contributed by atoms with Gasteiger partial charge in [-0.2, -0.15) is 11.5 Å². The van der Waals surface area contributed by atoms with Gasteiger partial charge in [0.25, 0.3) is 0 Å². The van der Waals surface area contributed by atoms with E-state index in [0.717, 1.165) is 96.4 Å². The molecule has 0 aromatic carbocycles. The van der Waals surface area contributed by atoms with Gasteiger partial charge >= 0.3 is 0 Å². The molecule has 0 radical (unpaired) electrons. The SMILES string of the molecule is C/C=C1/CN(C(C)COC)CCN1.CC.CC.Cc1cc2n(n1)CCN(C)C2.Cc1ccc(N2CCN(CC(C)(C)O)CC2)cn1.[CH2-]CC.[U]. The fourth-order valence-electron chi connectivity index (χ4n) is 5.53. The summed E-state index contributed by atoms with van der Waals surface area (Å²) in [6.45, 7) is 37.5. The third-order valence-electron chi connectivity index (χ3n) is 7.86. The second-order valence-corrected chi connectivity index (χ2v) is 13.0. The number of anilines is 1. The average molecular weight is 926 g/mol. The fourth-order valence-corrected chi connectivity index (χ4v) is 5.53. The van der Waals surface area contributed by atoms with E-state index in [1.807, 2.05) is 68.5 Å². The summed E-state index contributed by atoms with van der Waals surface area (Å²) in [5.41, 5.74) is 5.46. The van der Waals surface area contributed by atoms with Crippen LogP contribution in [0.25, 0.3) is 0 Å². The largest absolute Gasteiger partial charge is 0.389 e. The molecule has 2 N–H and O–H groups in total. The number of allylic oxidation sites excluding steroid dienone is 1. The van der Waals surface area contributed by atoms with Crippen molar-refractivity contribution >= 4 is 5.69 Å². The Morgan fingerprint density at radius 2 is 1.62 bits per heavy atom. The number of ether oxygens (including phenoxy) is 1. The van der Waals surface area contributed by atoms with Gasteiger partial charge in [-0.1, -0.05) is 40.7 Å². The molecule has 0 saturated carbocycles. The Balaban J connectivity index is 0. The molecule has 0 amide bonds. The Hall–Kier alpha value is -1.45. The molecule has 1 atom stereocenters. The van der Waals surface area contributed by atoms with Gasteiger partial charge in [-0.15, -0.1) is 0 Å². The smallest absolute Gasteiger partial charge is 0.0718 e. The number of nitrogens with zero attached hydrogens (tertiary/aromatic N) is 7. The normalized spacial score (nSPS) is 17.5. The zero-order valence-electron chi connectivity index (χ0n) is 34.3. The number of fused-ring (bicyclic) bond motifs is 1. The first kappa shape index (κ1) is 50.7. The van der Waals surface area contributed by atoms with Gasteiger partial charge in [-0.3, -0.25) is 24.4 Å². The topological polar surface area (TPSA) is 85.2 Å². The van der Waals surface area contributed by atoms with E-state index in [1.54, 1.807) is 7.11 Å². The van der Waals surface area contributed by atoms with Crippen molar-refractivity contribution in [3.8, 4) is 0 Å². The molecule has 3 aliphatic rings. The van der Waals surface area contributed by atoms with E-state index >= 15 is 0 Å². The van der Waals surface area contributed by atoms with Crippen molar-refractivity contribution in [1.29, 1.82) is 0 Å². The molecule has 5 heterocycles. The minimum atomic E-state index is -0.604. The average Bonchev–Trinajstić information content (AvgIpc) is 3.47. The van der Waals surface area contributed by atoms with Crippen LogP contribution < -0.4 is 10.2 Å². The van der Waals surface area contributed by atoms with Crippen molar-refractivity contribution in [1.82, 2.24) is 34.8 Å². The predicted octanol–water partition coefficient (Wildman–Crippen LogP) is 6.03. The van der Waals surface area contributed by atoms with Crippen LogP contribution in [0, 0.1) is 51.9 Å². The predicted molar refractivity (Wildman–Crippen MR) is 210 cm³/mol. The van der Waals surface area contributed by atoms with Gasteiger partial charge in [0, 0.05) is 121 Å². The van der Waals surface area contributed by atoms with E-state index in [4.69, 9.17) is 4.74 Å². The van der Waals surface area contributed by atoms with Gasteiger partial charge in [0.05, 0.1) is 42.0 Å². The molecule has 2 saturated heterocycles. The van der Waals surface area contributed by atoms with Crippen LogP contribution in [-0.4, -0.2) is 126 Å². The van der Waals surface area contributed by atoms with Crippen molar-refractivity contribution < 1.29 is 41.0 Å². The van der Waals surface area contributed by atoms with E-state index in [0.29, 0.717) is 6.04 Å². The quantitative estimate of drug-likeness (QED) is 0.338. The Morgan fingerprint density at radius 3 is 2.14 bits per heavy atom. The van der Waals surface area contributed by atoms with Crippen LogP contribution in [0.1, 0.15) is 85.8 Å². The van der Waals surface area contributed by atoms with E-state index in [-0.39, 0.29) is 31.1 Å². The number of aromatic nitrogens is 3. The van der Waals surface area contributed by atoms with Crippen molar-refractivity contribution in [2.45, 2.75) is 107 Å². The molecule has 50 heavy (non-hydrogen) atoms. The number of rotatable bonds is 6. The van der Waals surface area contributed by atoms with Gasteiger partial charge in [0.15, 0.2) is 0 Å². The molecular weight excluding hydrogens is 851 g/mol. The minimum Gasteiger partial charge on any atom is -0.389 e. The zero-order valence-corrected chi connectivity index (χ0v) is 38.5. The van der Waals surface area contributed by atoms with Crippen LogP contribution in [-0.2, 0) is 17.8 Å². The van der Waals surface area contributed by atoms with Gasteiger partial charge in [0.2, 0.25) is 0 Å². The summed E-state index contributed by atoms with van der Waals surface area (Å²) in [4.78, 5) is 13.8. The van der Waals surface area contributed by atoms with Crippen LogP contribution in [0.5, 0.6) is 0 Å². The van der Waals surface area contributed by atoms with E-state index < -0.39 is 5.60 Å². The van der Waals surface area contributed by atoms with Crippen molar-refractivity contribution in [2.24, 2.45) is 0 Å². The number of likely N-dealkylation sites (N-methyl/N-ethyl adjacent to an activating group) is 1. The molecule has 0 aliphatic carbocycles. The molecule has 1 unspecified atom stereocenters. The van der Waals surface area contributed by atoms with E-state index in [2.05, 4.69) is 91.8 Å². The first-order valence-electron chi connectivity index (χ1n) is 18.6. The number of aryl methyl sites for hydroxylation is 2. The number of piperazine rings is 2. The molecule has 0 bridgehead atoms. The summed E-state index contributed by atoms with van der Waals surface area (Å²) >= 11 is 0. The number of methoxy groups -OCH3 is 1. The molecule has 2 aromatic heterocycles.